The Morgan fingerprint density at radius 1 is 1.42 bits per heavy atom. The minimum absolute atomic E-state index is 0.298. The van der Waals surface area contributed by atoms with E-state index < -0.39 is 0 Å². The van der Waals surface area contributed by atoms with E-state index in [4.69, 9.17) is 5.73 Å². The topological polar surface area (TPSA) is 46.2 Å². The molecule has 1 rings (SSSR count). The molecule has 0 saturated heterocycles. The number of phenols is 1. The smallest absolute Gasteiger partial charge is 0.116 e. The van der Waals surface area contributed by atoms with Gasteiger partial charge in [-0.05, 0) is 30.2 Å². The van der Waals surface area contributed by atoms with Crippen molar-refractivity contribution in [2.75, 3.05) is 6.54 Å². The molecule has 0 spiro atoms. The SMILES string of the molecule is Cc1cc(O)cc(/C=C/CN)c1. The van der Waals surface area contributed by atoms with Crippen LogP contribution >= 0.6 is 0 Å². The molecule has 0 aliphatic rings. The molecule has 0 atom stereocenters. The lowest BCUT2D eigenvalue weighted by Crippen LogP contribution is -1.91. The summed E-state index contributed by atoms with van der Waals surface area (Å²) < 4.78 is 0. The Kier molecular flexibility index (Phi) is 2.88. The van der Waals surface area contributed by atoms with Gasteiger partial charge in [-0.1, -0.05) is 18.2 Å². The van der Waals surface area contributed by atoms with Gasteiger partial charge in [-0.2, -0.15) is 0 Å². The fraction of sp³-hybridized carbons (Fsp3) is 0.200. The summed E-state index contributed by atoms with van der Waals surface area (Å²) in [4.78, 5) is 0. The molecule has 12 heavy (non-hydrogen) atoms. The Morgan fingerprint density at radius 3 is 2.75 bits per heavy atom. The van der Waals surface area contributed by atoms with E-state index >= 15 is 0 Å². The predicted molar refractivity (Wildman–Crippen MR) is 50.9 cm³/mol. The van der Waals surface area contributed by atoms with Gasteiger partial charge in [0.05, 0.1) is 0 Å². The summed E-state index contributed by atoms with van der Waals surface area (Å²) in [5.74, 6) is 0.298. The Bertz CT molecular complexity index is 272. The van der Waals surface area contributed by atoms with Crippen molar-refractivity contribution in [3.63, 3.8) is 0 Å². The highest BCUT2D eigenvalue weighted by Gasteiger charge is 1.92. The molecule has 64 valence electrons. The molecule has 1 aromatic rings. The summed E-state index contributed by atoms with van der Waals surface area (Å²) in [5, 5.41) is 9.23. The number of aromatic hydroxyl groups is 1. The van der Waals surface area contributed by atoms with Crippen molar-refractivity contribution in [2.24, 2.45) is 5.73 Å². The maximum atomic E-state index is 9.23. The first kappa shape index (κ1) is 8.81. The lowest BCUT2D eigenvalue weighted by atomic mass is 10.1. The number of phenolic OH excluding ortho intramolecular Hbond substituents is 1. The largest absolute Gasteiger partial charge is 0.508 e. The van der Waals surface area contributed by atoms with Crippen molar-refractivity contribution in [3.8, 4) is 5.75 Å². The Hall–Kier alpha value is -1.28. The van der Waals surface area contributed by atoms with Crippen LogP contribution in [0.1, 0.15) is 11.1 Å². The third-order valence-corrected chi connectivity index (χ3v) is 1.53. The van der Waals surface area contributed by atoms with Crippen molar-refractivity contribution < 1.29 is 5.11 Å². The second kappa shape index (κ2) is 3.93. The molecule has 1 aromatic carbocycles. The highest BCUT2D eigenvalue weighted by Crippen LogP contribution is 2.15. The summed E-state index contributed by atoms with van der Waals surface area (Å²) >= 11 is 0. The maximum absolute atomic E-state index is 9.23. The molecule has 2 heteroatoms. The molecule has 0 aliphatic carbocycles. The molecule has 2 nitrogen and oxygen atoms in total. The average molecular weight is 163 g/mol. The molecule has 0 saturated carbocycles. The van der Waals surface area contributed by atoms with Crippen LogP contribution in [0, 0.1) is 6.92 Å². The van der Waals surface area contributed by atoms with E-state index in [-0.39, 0.29) is 0 Å². The fourth-order valence-corrected chi connectivity index (χ4v) is 1.09. The molecular formula is C10H13NO. The Labute approximate surface area is 72.3 Å². The first-order valence-electron chi connectivity index (χ1n) is 3.89. The van der Waals surface area contributed by atoms with Crippen molar-refractivity contribution in [3.05, 3.63) is 35.4 Å². The molecule has 0 bridgehead atoms. The molecular weight excluding hydrogens is 150 g/mol. The third kappa shape index (κ3) is 2.40. The molecule has 0 radical (unpaired) electrons. The van der Waals surface area contributed by atoms with E-state index in [2.05, 4.69) is 0 Å². The van der Waals surface area contributed by atoms with Gasteiger partial charge in [-0.3, -0.25) is 0 Å². The molecule has 3 N–H and O–H groups in total. The summed E-state index contributed by atoms with van der Waals surface area (Å²) in [6.45, 7) is 2.47. The van der Waals surface area contributed by atoms with Gasteiger partial charge in [-0.15, -0.1) is 0 Å². The third-order valence-electron chi connectivity index (χ3n) is 1.53. The van der Waals surface area contributed by atoms with Crippen molar-refractivity contribution in [1.29, 1.82) is 0 Å². The van der Waals surface area contributed by atoms with Crippen LogP contribution in [-0.2, 0) is 0 Å². The van der Waals surface area contributed by atoms with Gasteiger partial charge in [0.25, 0.3) is 0 Å². The van der Waals surface area contributed by atoms with E-state index in [1.54, 1.807) is 12.1 Å². The predicted octanol–water partition coefficient (Wildman–Crippen LogP) is 1.67. The van der Waals surface area contributed by atoms with E-state index in [1.807, 2.05) is 25.1 Å². The van der Waals surface area contributed by atoms with Gasteiger partial charge in [0.1, 0.15) is 5.75 Å². The summed E-state index contributed by atoms with van der Waals surface area (Å²) in [7, 11) is 0. The zero-order valence-corrected chi connectivity index (χ0v) is 7.12. The minimum atomic E-state index is 0.298. The van der Waals surface area contributed by atoms with Gasteiger partial charge >= 0.3 is 0 Å². The van der Waals surface area contributed by atoms with Crippen molar-refractivity contribution in [1.82, 2.24) is 0 Å². The van der Waals surface area contributed by atoms with E-state index in [0.717, 1.165) is 11.1 Å². The van der Waals surface area contributed by atoms with Crippen LogP contribution in [-0.4, -0.2) is 11.7 Å². The number of rotatable bonds is 2. The van der Waals surface area contributed by atoms with E-state index in [0.29, 0.717) is 12.3 Å². The summed E-state index contributed by atoms with van der Waals surface area (Å²) in [5.41, 5.74) is 7.34. The number of benzene rings is 1. The second-order valence-electron chi connectivity index (χ2n) is 2.74. The Morgan fingerprint density at radius 2 is 2.17 bits per heavy atom. The molecule has 0 fully saturated rings. The lowest BCUT2D eigenvalue weighted by Gasteiger charge is -1.98. The molecule has 0 heterocycles. The van der Waals surface area contributed by atoms with E-state index in [1.165, 1.54) is 0 Å². The number of hydrogen-bond donors (Lipinski definition) is 2. The molecule has 0 aromatic heterocycles. The summed E-state index contributed by atoms with van der Waals surface area (Å²) in [6.07, 6.45) is 3.75. The number of hydrogen-bond acceptors (Lipinski definition) is 2. The number of aryl methyl sites for hydroxylation is 1. The van der Waals surface area contributed by atoms with E-state index in [9.17, 15) is 5.11 Å². The van der Waals surface area contributed by atoms with Crippen LogP contribution < -0.4 is 5.73 Å². The second-order valence-corrected chi connectivity index (χ2v) is 2.74. The molecule has 0 amide bonds. The van der Waals surface area contributed by atoms with Crippen LogP contribution in [0.25, 0.3) is 6.08 Å². The van der Waals surface area contributed by atoms with Crippen LogP contribution in [0.4, 0.5) is 0 Å². The zero-order chi connectivity index (χ0) is 8.97. The highest BCUT2D eigenvalue weighted by atomic mass is 16.3. The van der Waals surface area contributed by atoms with Gasteiger partial charge in [0.15, 0.2) is 0 Å². The lowest BCUT2D eigenvalue weighted by molar-refractivity contribution is 0.475. The van der Waals surface area contributed by atoms with Gasteiger partial charge in [0, 0.05) is 6.54 Å². The minimum Gasteiger partial charge on any atom is -0.508 e. The van der Waals surface area contributed by atoms with Crippen LogP contribution in [0.2, 0.25) is 0 Å². The van der Waals surface area contributed by atoms with Crippen molar-refractivity contribution in [2.45, 2.75) is 6.92 Å². The quantitative estimate of drug-likeness (QED) is 0.696. The van der Waals surface area contributed by atoms with Gasteiger partial charge < -0.3 is 10.8 Å². The van der Waals surface area contributed by atoms with Gasteiger partial charge in [0.2, 0.25) is 0 Å². The first-order valence-corrected chi connectivity index (χ1v) is 3.89. The van der Waals surface area contributed by atoms with Crippen molar-refractivity contribution >= 4 is 6.08 Å². The fourth-order valence-electron chi connectivity index (χ4n) is 1.09. The van der Waals surface area contributed by atoms with Gasteiger partial charge in [-0.25, -0.2) is 0 Å². The monoisotopic (exact) mass is 163 g/mol. The molecule has 0 aliphatic heterocycles. The first-order chi connectivity index (χ1) is 5.72. The van der Waals surface area contributed by atoms with Crippen LogP contribution in [0.15, 0.2) is 24.3 Å². The highest BCUT2D eigenvalue weighted by molar-refractivity contribution is 5.53. The molecule has 0 unspecified atom stereocenters. The van der Waals surface area contributed by atoms with Crippen LogP contribution in [0.3, 0.4) is 0 Å². The number of nitrogens with two attached hydrogens (primary N) is 1. The summed E-state index contributed by atoms with van der Waals surface area (Å²) in [6, 6.07) is 5.42. The zero-order valence-electron chi connectivity index (χ0n) is 7.12. The van der Waals surface area contributed by atoms with Crippen LogP contribution in [0.5, 0.6) is 5.75 Å². The average Bonchev–Trinajstić information content (AvgIpc) is 1.99. The standard InChI is InChI=1S/C10H13NO/c1-8-5-9(3-2-4-11)7-10(12)6-8/h2-3,5-7,12H,4,11H2,1H3/b3-2+. The normalized spacial score (nSPS) is 10.8. The maximum Gasteiger partial charge on any atom is 0.116 e. The Balaban J connectivity index is 2.93.